The monoisotopic (exact) mass is 866 g/mol. The summed E-state index contributed by atoms with van der Waals surface area (Å²) < 4.78 is 18.5. The number of aliphatic hydroxyl groups excluding tert-OH is 3. The highest BCUT2D eigenvalue weighted by Gasteiger charge is 2.43. The van der Waals surface area contributed by atoms with Gasteiger partial charge in [0.25, 0.3) is 0 Å². The Morgan fingerprint density at radius 1 is 0.333 bits per heavy atom. The van der Waals surface area contributed by atoms with E-state index in [1.807, 2.05) is 0 Å². The number of phenols is 12. The minimum absolute atomic E-state index is 0.0194. The summed E-state index contributed by atoms with van der Waals surface area (Å²) in [5, 5.41) is 164. The van der Waals surface area contributed by atoms with E-state index in [1.165, 1.54) is 18.2 Å². The molecule has 3 heterocycles. The van der Waals surface area contributed by atoms with Gasteiger partial charge in [0, 0.05) is 47.1 Å². The molecule has 0 spiro atoms. The SMILES string of the molecule is Oc1ccc(C2Oc3c(O)c(O)cc(-c4c(O)c5c(c(-c6cc(O)c(O)c7c6CC(O)C(c6ccc(O)c(O)c6)O7)c4O)OC(c4ccc(O)c(O)c4)C(O)C5)c3CC2O)cc1O. The van der Waals surface area contributed by atoms with Crippen LogP contribution in [0.25, 0.3) is 22.3 Å². The Hall–Kier alpha value is -7.80. The van der Waals surface area contributed by atoms with E-state index in [0.717, 1.165) is 48.5 Å². The van der Waals surface area contributed by atoms with Crippen molar-refractivity contribution in [2.24, 2.45) is 0 Å². The highest BCUT2D eigenvalue weighted by Crippen LogP contribution is 2.61. The summed E-state index contributed by atoms with van der Waals surface area (Å²) in [7, 11) is 0. The molecule has 6 aromatic rings. The van der Waals surface area contributed by atoms with Crippen LogP contribution in [0.1, 0.15) is 51.7 Å². The van der Waals surface area contributed by atoms with Gasteiger partial charge in [-0.05, 0) is 65.2 Å². The van der Waals surface area contributed by atoms with E-state index in [-0.39, 0.29) is 74.4 Å². The van der Waals surface area contributed by atoms with Gasteiger partial charge in [-0.15, -0.1) is 0 Å². The minimum Gasteiger partial charge on any atom is -0.507 e. The predicted molar refractivity (Wildman–Crippen MR) is 216 cm³/mol. The van der Waals surface area contributed by atoms with Crippen molar-refractivity contribution < 1.29 is 90.8 Å². The summed E-state index contributed by atoms with van der Waals surface area (Å²) in [6.07, 6.45) is -9.44. The van der Waals surface area contributed by atoms with Crippen LogP contribution in [0.15, 0.2) is 66.7 Å². The summed E-state index contributed by atoms with van der Waals surface area (Å²) in [6, 6.07) is 12.9. The van der Waals surface area contributed by atoms with Gasteiger partial charge in [-0.25, -0.2) is 0 Å². The van der Waals surface area contributed by atoms with Gasteiger partial charge in [0.1, 0.15) is 23.4 Å². The molecule has 6 unspecified atom stereocenters. The zero-order valence-electron chi connectivity index (χ0n) is 32.4. The Morgan fingerprint density at radius 3 is 1.06 bits per heavy atom. The fraction of sp³-hybridized carbons (Fsp3) is 0.200. The van der Waals surface area contributed by atoms with Crippen LogP contribution in [-0.2, 0) is 19.3 Å². The second-order valence-electron chi connectivity index (χ2n) is 15.6. The van der Waals surface area contributed by atoms with Gasteiger partial charge < -0.3 is 90.8 Å². The molecule has 9 rings (SSSR count). The zero-order chi connectivity index (χ0) is 44.9. The van der Waals surface area contributed by atoms with Gasteiger partial charge in [0.05, 0.1) is 29.4 Å². The molecule has 18 nitrogen and oxygen atoms in total. The number of rotatable bonds is 5. The lowest BCUT2D eigenvalue weighted by Crippen LogP contribution is -2.32. The van der Waals surface area contributed by atoms with Crippen LogP contribution in [0.5, 0.6) is 86.2 Å². The molecule has 3 aliphatic heterocycles. The van der Waals surface area contributed by atoms with Crippen LogP contribution in [0.4, 0.5) is 0 Å². The normalized spacial score (nSPS) is 21.3. The fourth-order valence-corrected chi connectivity index (χ4v) is 8.62. The van der Waals surface area contributed by atoms with Crippen LogP contribution in [-0.4, -0.2) is 94.9 Å². The van der Waals surface area contributed by atoms with Gasteiger partial charge in [-0.1, -0.05) is 18.2 Å². The van der Waals surface area contributed by atoms with Crippen molar-refractivity contribution in [2.45, 2.75) is 55.9 Å². The van der Waals surface area contributed by atoms with E-state index in [1.54, 1.807) is 0 Å². The number of aromatic hydroxyl groups is 12. The first kappa shape index (κ1) is 40.6. The van der Waals surface area contributed by atoms with E-state index < -0.39 is 123 Å². The number of hydrogen-bond acceptors (Lipinski definition) is 18. The highest BCUT2D eigenvalue weighted by molar-refractivity contribution is 5.96. The zero-order valence-corrected chi connectivity index (χ0v) is 32.4. The maximum absolute atomic E-state index is 12.6. The second-order valence-corrected chi connectivity index (χ2v) is 15.6. The molecule has 326 valence electrons. The van der Waals surface area contributed by atoms with Crippen molar-refractivity contribution in [3.05, 3.63) is 100 Å². The van der Waals surface area contributed by atoms with Crippen molar-refractivity contribution in [3.8, 4) is 108 Å². The molecular formula is C45H38O18. The lowest BCUT2D eigenvalue weighted by molar-refractivity contribution is 0.0183. The molecule has 15 N–H and O–H groups in total. The number of hydrogen-bond donors (Lipinski definition) is 15. The molecule has 0 aliphatic carbocycles. The molecule has 0 radical (unpaired) electrons. The van der Waals surface area contributed by atoms with Crippen LogP contribution in [0.3, 0.4) is 0 Å². The van der Waals surface area contributed by atoms with Gasteiger partial charge in [0.2, 0.25) is 11.5 Å². The van der Waals surface area contributed by atoms with Crippen LogP contribution < -0.4 is 14.2 Å². The topological polar surface area (TPSA) is 331 Å². The third-order valence-corrected chi connectivity index (χ3v) is 11.7. The Bertz CT molecular complexity index is 2870. The van der Waals surface area contributed by atoms with E-state index in [9.17, 15) is 76.6 Å². The quantitative estimate of drug-likeness (QED) is 0.105. The summed E-state index contributed by atoms with van der Waals surface area (Å²) in [5.74, 6) is -8.79. The third kappa shape index (κ3) is 6.46. The molecular weight excluding hydrogens is 828 g/mol. The van der Waals surface area contributed by atoms with E-state index in [2.05, 4.69) is 0 Å². The molecule has 6 aromatic carbocycles. The minimum atomic E-state index is -1.48. The molecule has 0 amide bonds. The Labute approximate surface area is 354 Å². The Balaban J connectivity index is 1.27. The maximum atomic E-state index is 12.6. The number of aliphatic hydroxyl groups is 3. The first-order valence-electron chi connectivity index (χ1n) is 19.3. The average molecular weight is 867 g/mol. The fourth-order valence-electron chi connectivity index (χ4n) is 8.62. The molecule has 0 bridgehead atoms. The number of ether oxygens (including phenoxy) is 3. The van der Waals surface area contributed by atoms with Gasteiger partial charge in [-0.3, -0.25) is 0 Å². The molecule has 0 aromatic heterocycles. The molecule has 18 heteroatoms. The van der Waals surface area contributed by atoms with E-state index in [4.69, 9.17) is 14.2 Å². The summed E-state index contributed by atoms with van der Waals surface area (Å²) in [4.78, 5) is 0. The average Bonchev–Trinajstić information content (AvgIpc) is 3.24. The smallest absolute Gasteiger partial charge is 0.200 e. The van der Waals surface area contributed by atoms with Gasteiger partial charge in [-0.2, -0.15) is 0 Å². The van der Waals surface area contributed by atoms with Crippen molar-refractivity contribution in [3.63, 3.8) is 0 Å². The molecule has 0 saturated heterocycles. The third-order valence-electron chi connectivity index (χ3n) is 11.7. The number of phenolic OH excluding ortho intramolecular Hbond substituents is 12. The van der Waals surface area contributed by atoms with E-state index >= 15 is 0 Å². The number of benzene rings is 6. The first-order chi connectivity index (χ1) is 29.9. The van der Waals surface area contributed by atoms with Crippen LogP contribution >= 0.6 is 0 Å². The first-order valence-corrected chi connectivity index (χ1v) is 19.3. The second kappa shape index (κ2) is 14.7. The highest BCUT2D eigenvalue weighted by atomic mass is 16.5. The van der Waals surface area contributed by atoms with Crippen molar-refractivity contribution in [2.75, 3.05) is 0 Å². The summed E-state index contributed by atoms with van der Waals surface area (Å²) >= 11 is 0. The Kier molecular flexibility index (Phi) is 9.46. The number of fused-ring (bicyclic) bond motifs is 3. The van der Waals surface area contributed by atoms with Gasteiger partial charge >= 0.3 is 0 Å². The molecule has 63 heavy (non-hydrogen) atoms. The molecule has 3 aliphatic rings. The summed E-state index contributed by atoms with van der Waals surface area (Å²) in [6.45, 7) is 0. The summed E-state index contributed by atoms with van der Waals surface area (Å²) in [5.41, 5.74) is -0.867. The van der Waals surface area contributed by atoms with Crippen LogP contribution in [0, 0.1) is 0 Å². The molecule has 0 fully saturated rings. The van der Waals surface area contributed by atoms with Gasteiger partial charge in [0.15, 0.2) is 69.7 Å². The van der Waals surface area contributed by atoms with E-state index in [0.29, 0.717) is 0 Å². The predicted octanol–water partition coefficient (Wildman–Crippen LogP) is 4.60. The van der Waals surface area contributed by atoms with Crippen molar-refractivity contribution in [1.29, 1.82) is 0 Å². The lowest BCUT2D eigenvalue weighted by atomic mass is 9.81. The Morgan fingerprint density at radius 2 is 0.683 bits per heavy atom. The largest absolute Gasteiger partial charge is 0.507 e. The van der Waals surface area contributed by atoms with Crippen LogP contribution in [0.2, 0.25) is 0 Å². The van der Waals surface area contributed by atoms with Crippen molar-refractivity contribution >= 4 is 0 Å². The lowest BCUT2D eigenvalue weighted by Gasteiger charge is -2.36. The van der Waals surface area contributed by atoms with Crippen molar-refractivity contribution in [1.82, 2.24) is 0 Å². The molecule has 0 saturated carbocycles. The maximum Gasteiger partial charge on any atom is 0.200 e. The molecule has 6 atom stereocenters. The standard InChI is InChI=1S/C45H38O18/c46-23-4-1-15(7-26(23)49)40-33(56)14-22-36(57)34(18-10-29(52)37(58)44-20(18)12-31(54)41(62-44)16-2-5-24(47)27(50)8-16)39(60)35(43(22)61-40)19-11-30(53)38(59)45-21(19)13-32(55)42(63-45)17-3-6-25(48)28(51)9-17/h1-11,31-33,40-42,46-60H,12-14H2.